The van der Waals surface area contributed by atoms with Crippen molar-refractivity contribution in [2.75, 3.05) is 14.2 Å². The Labute approximate surface area is 97.8 Å². The highest BCUT2D eigenvalue weighted by Crippen LogP contribution is 2.35. The van der Waals surface area contributed by atoms with Gasteiger partial charge in [-0.25, -0.2) is 4.39 Å². The van der Waals surface area contributed by atoms with Crippen LogP contribution in [0.2, 0.25) is 0 Å². The number of methoxy groups -OCH3 is 2. The molecule has 0 amide bonds. The SMILES string of the molecule is COc1cc(C=O)cc2c(OC)c(F)ccc12. The third-order valence-corrected chi connectivity index (χ3v) is 2.58. The highest BCUT2D eigenvalue weighted by Gasteiger charge is 2.12. The largest absolute Gasteiger partial charge is 0.496 e. The highest BCUT2D eigenvalue weighted by molar-refractivity contribution is 5.97. The number of aldehydes is 1. The van der Waals surface area contributed by atoms with E-state index in [0.29, 0.717) is 28.4 Å². The van der Waals surface area contributed by atoms with E-state index < -0.39 is 5.82 Å². The first-order valence-corrected chi connectivity index (χ1v) is 5.00. The predicted octanol–water partition coefficient (Wildman–Crippen LogP) is 2.81. The zero-order chi connectivity index (χ0) is 12.4. The molecule has 4 heteroatoms. The van der Waals surface area contributed by atoms with Crippen LogP contribution >= 0.6 is 0 Å². The summed E-state index contributed by atoms with van der Waals surface area (Å²) in [6, 6.07) is 6.09. The molecule has 0 aliphatic carbocycles. The van der Waals surface area contributed by atoms with Gasteiger partial charge in [0.05, 0.1) is 14.2 Å². The molecule has 0 bridgehead atoms. The van der Waals surface area contributed by atoms with E-state index in [-0.39, 0.29) is 5.75 Å². The summed E-state index contributed by atoms with van der Waals surface area (Å²) in [5, 5.41) is 1.23. The lowest BCUT2D eigenvalue weighted by atomic mass is 10.0. The average molecular weight is 234 g/mol. The van der Waals surface area contributed by atoms with E-state index in [1.807, 2.05) is 0 Å². The van der Waals surface area contributed by atoms with Crippen LogP contribution < -0.4 is 9.47 Å². The van der Waals surface area contributed by atoms with E-state index in [2.05, 4.69) is 0 Å². The molecule has 17 heavy (non-hydrogen) atoms. The molecule has 0 aliphatic rings. The van der Waals surface area contributed by atoms with Crippen LogP contribution in [0.3, 0.4) is 0 Å². The van der Waals surface area contributed by atoms with Gasteiger partial charge < -0.3 is 9.47 Å². The van der Waals surface area contributed by atoms with Gasteiger partial charge in [0.2, 0.25) is 0 Å². The molecule has 3 nitrogen and oxygen atoms in total. The molecule has 2 rings (SSSR count). The molecule has 0 fully saturated rings. The van der Waals surface area contributed by atoms with Gasteiger partial charge >= 0.3 is 0 Å². The van der Waals surface area contributed by atoms with Gasteiger partial charge in [0.1, 0.15) is 12.0 Å². The van der Waals surface area contributed by atoms with Gasteiger partial charge in [-0.15, -0.1) is 0 Å². The zero-order valence-electron chi connectivity index (χ0n) is 9.49. The number of hydrogen-bond acceptors (Lipinski definition) is 3. The molecule has 2 aromatic carbocycles. The Bertz CT molecular complexity index is 578. The van der Waals surface area contributed by atoms with Crippen LogP contribution in [0.5, 0.6) is 11.5 Å². The van der Waals surface area contributed by atoms with Crippen LogP contribution in [-0.2, 0) is 0 Å². The summed E-state index contributed by atoms with van der Waals surface area (Å²) in [4.78, 5) is 10.8. The fraction of sp³-hybridized carbons (Fsp3) is 0.154. The minimum Gasteiger partial charge on any atom is -0.496 e. The fourth-order valence-corrected chi connectivity index (χ4v) is 1.81. The third-order valence-electron chi connectivity index (χ3n) is 2.58. The van der Waals surface area contributed by atoms with Gasteiger partial charge in [-0.05, 0) is 24.3 Å². The van der Waals surface area contributed by atoms with Crippen molar-refractivity contribution in [3.8, 4) is 11.5 Å². The van der Waals surface area contributed by atoms with Gasteiger partial charge in [0.25, 0.3) is 0 Å². The Kier molecular flexibility index (Phi) is 2.95. The molecule has 2 aromatic rings. The van der Waals surface area contributed by atoms with E-state index in [1.165, 1.54) is 20.3 Å². The van der Waals surface area contributed by atoms with E-state index in [1.54, 1.807) is 18.2 Å². The minimum atomic E-state index is -0.467. The summed E-state index contributed by atoms with van der Waals surface area (Å²) in [6.07, 6.45) is 0.687. The molecule has 0 aromatic heterocycles. The van der Waals surface area contributed by atoms with Crippen LogP contribution in [0.1, 0.15) is 10.4 Å². The molecule has 0 radical (unpaired) electrons. The molecular formula is C13H11FO3. The van der Waals surface area contributed by atoms with Crippen molar-refractivity contribution in [2.45, 2.75) is 0 Å². The van der Waals surface area contributed by atoms with Crippen molar-refractivity contribution in [3.63, 3.8) is 0 Å². The van der Waals surface area contributed by atoms with Gasteiger partial charge in [0, 0.05) is 16.3 Å². The Morgan fingerprint density at radius 2 is 1.88 bits per heavy atom. The van der Waals surface area contributed by atoms with Gasteiger partial charge in [-0.2, -0.15) is 0 Å². The molecule has 0 heterocycles. The minimum absolute atomic E-state index is 0.115. The second kappa shape index (κ2) is 4.41. The van der Waals surface area contributed by atoms with E-state index in [4.69, 9.17) is 9.47 Å². The Morgan fingerprint density at radius 1 is 1.12 bits per heavy atom. The summed E-state index contributed by atoms with van der Waals surface area (Å²) in [7, 11) is 2.89. The number of benzene rings is 2. The van der Waals surface area contributed by atoms with E-state index in [9.17, 15) is 9.18 Å². The summed E-state index contributed by atoms with van der Waals surface area (Å²) >= 11 is 0. The number of carbonyl (C=O) groups is 1. The maximum atomic E-state index is 13.5. The van der Waals surface area contributed by atoms with Gasteiger partial charge in [0.15, 0.2) is 11.6 Å². The number of halogens is 1. The van der Waals surface area contributed by atoms with Crippen LogP contribution in [-0.4, -0.2) is 20.5 Å². The topological polar surface area (TPSA) is 35.5 Å². The van der Waals surface area contributed by atoms with Gasteiger partial charge in [-0.1, -0.05) is 0 Å². The number of ether oxygens (including phenoxy) is 2. The molecule has 0 saturated carbocycles. The standard InChI is InChI=1S/C13H11FO3/c1-16-12-6-8(7-15)5-10-9(12)3-4-11(14)13(10)17-2/h3-7H,1-2H3. The Morgan fingerprint density at radius 3 is 2.47 bits per heavy atom. The average Bonchev–Trinajstić information content (AvgIpc) is 2.37. The third kappa shape index (κ3) is 1.82. The lowest BCUT2D eigenvalue weighted by Crippen LogP contribution is -1.94. The number of fused-ring (bicyclic) bond motifs is 1. The first-order chi connectivity index (χ1) is 8.21. The zero-order valence-corrected chi connectivity index (χ0v) is 9.49. The van der Waals surface area contributed by atoms with Crippen molar-refractivity contribution >= 4 is 17.1 Å². The predicted molar refractivity (Wildman–Crippen MR) is 62.4 cm³/mol. The van der Waals surface area contributed by atoms with E-state index >= 15 is 0 Å². The number of hydrogen-bond donors (Lipinski definition) is 0. The van der Waals surface area contributed by atoms with Crippen LogP contribution in [0.15, 0.2) is 24.3 Å². The molecule has 0 N–H and O–H groups in total. The molecule has 0 saturated heterocycles. The van der Waals surface area contributed by atoms with Crippen molar-refractivity contribution in [3.05, 3.63) is 35.6 Å². The summed E-state index contributed by atoms with van der Waals surface area (Å²) in [5.41, 5.74) is 0.415. The lowest BCUT2D eigenvalue weighted by molar-refractivity contribution is 0.112. The summed E-state index contributed by atoms with van der Waals surface area (Å²) in [6.45, 7) is 0. The highest BCUT2D eigenvalue weighted by atomic mass is 19.1. The second-order valence-corrected chi connectivity index (χ2v) is 3.52. The van der Waals surface area contributed by atoms with E-state index in [0.717, 1.165) is 0 Å². The summed E-state index contributed by atoms with van der Waals surface area (Å²) < 4.78 is 23.7. The molecule has 0 aliphatic heterocycles. The van der Waals surface area contributed by atoms with Crippen molar-refractivity contribution in [1.82, 2.24) is 0 Å². The molecule has 0 atom stereocenters. The van der Waals surface area contributed by atoms with Gasteiger partial charge in [-0.3, -0.25) is 4.79 Å². The lowest BCUT2D eigenvalue weighted by Gasteiger charge is -2.10. The smallest absolute Gasteiger partial charge is 0.165 e. The molecule has 0 unspecified atom stereocenters. The first-order valence-electron chi connectivity index (χ1n) is 5.00. The van der Waals surface area contributed by atoms with Crippen LogP contribution in [0.25, 0.3) is 10.8 Å². The summed E-state index contributed by atoms with van der Waals surface area (Å²) in [5.74, 6) is 0.164. The maximum Gasteiger partial charge on any atom is 0.165 e. The van der Waals surface area contributed by atoms with Crippen molar-refractivity contribution in [1.29, 1.82) is 0 Å². The second-order valence-electron chi connectivity index (χ2n) is 3.52. The van der Waals surface area contributed by atoms with Crippen molar-refractivity contribution in [2.24, 2.45) is 0 Å². The Balaban J connectivity index is 2.88. The number of carbonyl (C=O) groups excluding carboxylic acids is 1. The molecule has 0 spiro atoms. The molecular weight excluding hydrogens is 223 g/mol. The van der Waals surface area contributed by atoms with Crippen LogP contribution in [0.4, 0.5) is 4.39 Å². The monoisotopic (exact) mass is 234 g/mol. The van der Waals surface area contributed by atoms with Crippen LogP contribution in [0, 0.1) is 5.82 Å². The quantitative estimate of drug-likeness (QED) is 0.766. The van der Waals surface area contributed by atoms with Crippen molar-refractivity contribution < 1.29 is 18.7 Å². The normalized spacial score (nSPS) is 10.3. The first kappa shape index (κ1) is 11.4. The molecule has 88 valence electrons. The maximum absolute atomic E-state index is 13.5. The Hall–Kier alpha value is -2.10. The number of rotatable bonds is 3. The fourth-order valence-electron chi connectivity index (χ4n) is 1.81.